The van der Waals surface area contributed by atoms with Gasteiger partial charge in [-0.15, -0.1) is 0 Å². The van der Waals surface area contributed by atoms with E-state index in [-0.39, 0.29) is 18.1 Å². The zero-order valence-electron chi connectivity index (χ0n) is 21.9. The molecule has 0 aromatic carbocycles. The molecular formula is C29H36F4N4O. The number of hydrogen-bond donors (Lipinski definition) is 0. The molecule has 2 aromatic heterocycles. The minimum absolute atomic E-state index is 0.0428. The van der Waals surface area contributed by atoms with E-state index >= 15 is 4.39 Å². The lowest BCUT2D eigenvalue weighted by molar-refractivity contribution is -0.134. The van der Waals surface area contributed by atoms with E-state index in [0.29, 0.717) is 63.0 Å². The first-order valence-corrected chi connectivity index (χ1v) is 13.5. The van der Waals surface area contributed by atoms with Gasteiger partial charge in [-0.3, -0.25) is 9.78 Å². The Hall–Kier alpha value is -2.68. The van der Waals surface area contributed by atoms with E-state index in [4.69, 9.17) is 0 Å². The average molecular weight is 533 g/mol. The van der Waals surface area contributed by atoms with Crippen LogP contribution in [0.1, 0.15) is 73.3 Å². The topological polar surface area (TPSA) is 59.0 Å². The highest BCUT2D eigenvalue weighted by molar-refractivity contribution is 5.93. The van der Waals surface area contributed by atoms with E-state index in [1.165, 1.54) is 0 Å². The molecule has 0 bridgehead atoms. The molecule has 2 aromatic rings. The van der Waals surface area contributed by atoms with Gasteiger partial charge in [-0.2, -0.15) is 13.2 Å². The van der Waals surface area contributed by atoms with Gasteiger partial charge in [-0.1, -0.05) is 6.07 Å². The van der Waals surface area contributed by atoms with Gasteiger partial charge < -0.3 is 4.90 Å². The second kappa shape index (κ2) is 12.5. The molecule has 206 valence electrons. The summed E-state index contributed by atoms with van der Waals surface area (Å²) >= 11 is 0. The smallest absolute Gasteiger partial charge is 0.302 e. The molecule has 0 radical (unpaired) electrons. The average Bonchev–Trinajstić information content (AvgIpc) is 3.09. The minimum Gasteiger partial charge on any atom is -0.302 e. The Labute approximate surface area is 221 Å². The van der Waals surface area contributed by atoms with Crippen LogP contribution in [0.4, 0.5) is 17.6 Å². The summed E-state index contributed by atoms with van der Waals surface area (Å²) in [6.45, 7) is 3.98. The highest BCUT2D eigenvalue weighted by Gasteiger charge is 2.36. The molecule has 38 heavy (non-hydrogen) atoms. The Morgan fingerprint density at radius 1 is 1.13 bits per heavy atom. The number of halogens is 4. The lowest BCUT2D eigenvalue weighted by Crippen LogP contribution is -2.36. The fourth-order valence-electron chi connectivity index (χ4n) is 5.34. The molecule has 1 fully saturated rings. The van der Waals surface area contributed by atoms with Gasteiger partial charge in [0.15, 0.2) is 5.78 Å². The third-order valence-electron chi connectivity index (χ3n) is 7.78. The van der Waals surface area contributed by atoms with Crippen LogP contribution in [0.15, 0.2) is 30.6 Å². The van der Waals surface area contributed by atoms with E-state index in [2.05, 4.69) is 19.9 Å². The normalized spacial score (nSPS) is 22.8. The predicted molar refractivity (Wildman–Crippen MR) is 138 cm³/mol. The SMILES string of the molecule is Cc1ncc(/C=C/C(=O)CC2CCC(F)(CCN3CCc4ccc(CCC(F)(F)F)nc4CC3)CC2)cn1. The summed E-state index contributed by atoms with van der Waals surface area (Å²) in [7, 11) is 0. The molecule has 5 nitrogen and oxygen atoms in total. The molecule has 2 aliphatic rings. The number of fused-ring (bicyclic) bond motifs is 1. The van der Waals surface area contributed by atoms with Gasteiger partial charge >= 0.3 is 6.18 Å². The van der Waals surface area contributed by atoms with Gasteiger partial charge in [0.1, 0.15) is 11.5 Å². The zero-order valence-corrected chi connectivity index (χ0v) is 21.9. The molecular weight excluding hydrogens is 496 g/mol. The number of ketones is 1. The Morgan fingerprint density at radius 3 is 2.55 bits per heavy atom. The second-order valence-corrected chi connectivity index (χ2v) is 10.8. The monoisotopic (exact) mass is 532 g/mol. The van der Waals surface area contributed by atoms with E-state index in [1.54, 1.807) is 37.5 Å². The number of pyridine rings is 1. The fourth-order valence-corrected chi connectivity index (χ4v) is 5.34. The number of aromatic nitrogens is 3. The number of hydrogen-bond acceptors (Lipinski definition) is 5. The van der Waals surface area contributed by atoms with Crippen LogP contribution in [0.5, 0.6) is 0 Å². The van der Waals surface area contributed by atoms with Gasteiger partial charge in [0, 0.05) is 68.2 Å². The van der Waals surface area contributed by atoms with Gasteiger partial charge in [-0.25, -0.2) is 14.4 Å². The van der Waals surface area contributed by atoms with Crippen molar-refractivity contribution in [2.24, 2.45) is 5.92 Å². The van der Waals surface area contributed by atoms with Crippen LogP contribution in [0, 0.1) is 12.8 Å². The molecule has 0 unspecified atom stereocenters. The number of allylic oxidation sites excluding steroid dienone is 1. The first kappa shape index (κ1) is 28.3. The van der Waals surface area contributed by atoms with Gasteiger partial charge in [0.25, 0.3) is 0 Å². The van der Waals surface area contributed by atoms with E-state index in [0.717, 1.165) is 36.3 Å². The maximum absolute atomic E-state index is 15.6. The molecule has 0 atom stereocenters. The van der Waals surface area contributed by atoms with Gasteiger partial charge in [0.2, 0.25) is 0 Å². The van der Waals surface area contributed by atoms with Crippen molar-refractivity contribution in [2.45, 2.75) is 83.0 Å². The lowest BCUT2D eigenvalue weighted by atomic mass is 9.76. The number of alkyl halides is 4. The van der Waals surface area contributed by atoms with E-state index in [1.807, 2.05) is 6.07 Å². The summed E-state index contributed by atoms with van der Waals surface area (Å²) in [5, 5.41) is 0. The van der Waals surface area contributed by atoms with E-state index in [9.17, 15) is 18.0 Å². The summed E-state index contributed by atoms with van der Waals surface area (Å²) in [5.74, 6) is 0.928. The number of carbonyl (C=O) groups is 1. The van der Waals surface area contributed by atoms with Crippen molar-refractivity contribution < 1.29 is 22.4 Å². The number of carbonyl (C=O) groups excluding carboxylic acids is 1. The van der Waals surface area contributed by atoms with Crippen LogP contribution in [0.2, 0.25) is 0 Å². The Kier molecular flexibility index (Phi) is 9.28. The third-order valence-corrected chi connectivity index (χ3v) is 7.78. The Morgan fingerprint density at radius 2 is 1.84 bits per heavy atom. The fraction of sp³-hybridized carbons (Fsp3) is 0.586. The molecule has 3 heterocycles. The summed E-state index contributed by atoms with van der Waals surface area (Å²) in [6, 6.07) is 3.60. The van der Waals surface area contributed by atoms with Crippen molar-refractivity contribution in [1.29, 1.82) is 0 Å². The van der Waals surface area contributed by atoms with Crippen molar-refractivity contribution in [3.8, 4) is 0 Å². The molecule has 0 saturated heterocycles. The van der Waals surface area contributed by atoms with Crippen LogP contribution in [-0.4, -0.2) is 57.1 Å². The van der Waals surface area contributed by atoms with Crippen LogP contribution < -0.4 is 0 Å². The zero-order chi connectivity index (χ0) is 27.2. The summed E-state index contributed by atoms with van der Waals surface area (Å²) in [6.07, 6.45) is 6.19. The van der Waals surface area contributed by atoms with Crippen LogP contribution in [0.25, 0.3) is 6.08 Å². The van der Waals surface area contributed by atoms with Crippen molar-refractivity contribution in [3.63, 3.8) is 0 Å². The Balaban J connectivity index is 1.19. The highest BCUT2D eigenvalue weighted by atomic mass is 19.4. The van der Waals surface area contributed by atoms with Crippen LogP contribution >= 0.6 is 0 Å². The predicted octanol–water partition coefficient (Wildman–Crippen LogP) is 6.04. The van der Waals surface area contributed by atoms with E-state index < -0.39 is 18.3 Å². The first-order valence-electron chi connectivity index (χ1n) is 13.5. The quantitative estimate of drug-likeness (QED) is 0.291. The molecule has 4 rings (SSSR count). The molecule has 9 heteroatoms. The van der Waals surface area contributed by atoms with Gasteiger partial charge in [-0.05, 0) is 81.6 Å². The van der Waals surface area contributed by atoms with Crippen molar-refractivity contribution >= 4 is 11.9 Å². The summed E-state index contributed by atoms with van der Waals surface area (Å²) < 4.78 is 53.3. The highest BCUT2D eigenvalue weighted by Crippen LogP contribution is 2.39. The second-order valence-electron chi connectivity index (χ2n) is 10.8. The molecule has 0 spiro atoms. The third kappa shape index (κ3) is 8.68. The summed E-state index contributed by atoms with van der Waals surface area (Å²) in [5.41, 5.74) is 2.00. The standard InChI is InChI=1S/C29H36F4N4O/c1-21-34-19-23(20-35-21)2-5-26(38)18-22-6-11-28(30,12-7-22)14-17-37-15-9-24-3-4-25(8-13-29(31,32)33)36-27(24)10-16-37/h2-5,19-20,22H,6-18H2,1H3/b5-2+. The van der Waals surface area contributed by atoms with Gasteiger partial charge in [0.05, 0.1) is 0 Å². The largest absolute Gasteiger partial charge is 0.389 e. The van der Waals surface area contributed by atoms with Crippen LogP contribution in [0.3, 0.4) is 0 Å². The lowest BCUT2D eigenvalue weighted by Gasteiger charge is -2.35. The minimum atomic E-state index is -4.18. The number of rotatable bonds is 9. The molecule has 1 aliphatic carbocycles. The number of aryl methyl sites for hydroxylation is 2. The molecule has 1 aliphatic heterocycles. The van der Waals surface area contributed by atoms with Crippen molar-refractivity contribution in [1.82, 2.24) is 19.9 Å². The van der Waals surface area contributed by atoms with Crippen molar-refractivity contribution in [2.75, 3.05) is 19.6 Å². The van der Waals surface area contributed by atoms with Crippen molar-refractivity contribution in [3.05, 3.63) is 58.9 Å². The summed E-state index contributed by atoms with van der Waals surface area (Å²) in [4.78, 5) is 27.4. The maximum Gasteiger partial charge on any atom is 0.389 e. The first-order chi connectivity index (χ1) is 18.1. The molecule has 0 N–H and O–H groups in total. The Bertz CT molecular complexity index is 1110. The van der Waals surface area contributed by atoms with Crippen LogP contribution in [-0.2, 0) is 24.1 Å². The maximum atomic E-state index is 15.6. The molecule has 0 amide bonds. The molecule has 1 saturated carbocycles. The number of nitrogens with zero attached hydrogens (tertiary/aromatic N) is 4.